The molecule has 0 atom stereocenters. The maximum absolute atomic E-state index is 13.3. The van der Waals surface area contributed by atoms with Gasteiger partial charge in [0, 0.05) is 0 Å². The van der Waals surface area contributed by atoms with Gasteiger partial charge in [0.2, 0.25) is 5.75 Å². The van der Waals surface area contributed by atoms with Crippen molar-refractivity contribution in [1.82, 2.24) is 0 Å². The van der Waals surface area contributed by atoms with Crippen LogP contribution in [-0.4, -0.2) is 61.0 Å². The predicted octanol–water partition coefficient (Wildman–Crippen LogP) is 2.50. The second-order valence-corrected chi connectivity index (χ2v) is 10.5. The lowest BCUT2D eigenvalue weighted by Crippen LogP contribution is -2.37. The number of benzene rings is 1. The fourth-order valence-corrected chi connectivity index (χ4v) is 3.32. The van der Waals surface area contributed by atoms with Crippen LogP contribution in [-0.2, 0) is 30.4 Å². The van der Waals surface area contributed by atoms with E-state index in [4.69, 9.17) is 0 Å². The molecule has 0 N–H and O–H groups in total. The zero-order valence-corrected chi connectivity index (χ0v) is 17.6. The van der Waals surface area contributed by atoms with E-state index in [0.29, 0.717) is 6.07 Å². The number of halogens is 9. The Bertz CT molecular complexity index is 1120. The minimum absolute atomic E-state index is 0.122. The van der Waals surface area contributed by atoms with E-state index >= 15 is 0 Å². The van der Waals surface area contributed by atoms with Crippen LogP contribution in [0.4, 0.5) is 39.5 Å². The lowest BCUT2D eigenvalue weighted by Gasteiger charge is -2.20. The van der Waals surface area contributed by atoms with Crippen LogP contribution in [0.5, 0.6) is 17.2 Å². The van der Waals surface area contributed by atoms with Gasteiger partial charge >= 0.3 is 46.1 Å². The fraction of sp³-hybridized carbons (Fsp3) is 0.500. The molecule has 0 saturated carbocycles. The van der Waals surface area contributed by atoms with Crippen molar-refractivity contribution >= 4 is 30.4 Å². The average Bonchev–Trinajstić information content (AvgIpc) is 2.69. The van der Waals surface area contributed by atoms with Crippen LogP contribution in [0.1, 0.15) is 0 Å². The summed E-state index contributed by atoms with van der Waals surface area (Å²) in [4.78, 5) is 0. The molecule has 0 aliphatic rings. The average molecular weight is 564 g/mol. The lowest BCUT2D eigenvalue weighted by molar-refractivity contribution is 0.0517. The quantitative estimate of drug-likeness (QED) is 0.278. The minimum atomic E-state index is -6.58. The maximum Gasteiger partial charge on any atom is 0.407 e. The first-order valence-corrected chi connectivity index (χ1v) is 11.7. The van der Waals surface area contributed by atoms with Gasteiger partial charge in [0.1, 0.15) is 0 Å². The highest BCUT2D eigenvalue weighted by molar-refractivity contribution is 7.88. The summed E-state index contributed by atoms with van der Waals surface area (Å²) in [6.07, 6.45) is 0. The number of alkyl halides is 9. The molecule has 0 heterocycles. The molecule has 0 radical (unpaired) electrons. The topological polar surface area (TPSA) is 130 Å². The molecule has 1 aromatic carbocycles. The van der Waals surface area contributed by atoms with Crippen LogP contribution >= 0.6 is 0 Å². The normalized spacial score (nSPS) is 14.1. The van der Waals surface area contributed by atoms with E-state index in [-0.39, 0.29) is 12.1 Å². The molecule has 33 heavy (non-hydrogen) atoms. The highest BCUT2D eigenvalue weighted by Crippen LogP contribution is 2.43. The van der Waals surface area contributed by atoms with E-state index in [2.05, 4.69) is 12.5 Å². The highest BCUT2D eigenvalue weighted by atomic mass is 32.2. The molecule has 0 unspecified atom stereocenters. The van der Waals surface area contributed by atoms with Gasteiger partial charge < -0.3 is 12.5 Å². The molecule has 0 amide bonds. The van der Waals surface area contributed by atoms with Crippen LogP contribution < -0.4 is 12.5 Å². The largest absolute Gasteiger partial charge is 0.407 e. The van der Waals surface area contributed by atoms with Gasteiger partial charge in [0.15, 0.2) is 31.5 Å². The molecule has 0 aliphatic heterocycles. The van der Waals surface area contributed by atoms with E-state index in [1.165, 1.54) is 0 Å². The molecule has 0 bridgehead atoms. The first kappa shape index (κ1) is 28.9. The summed E-state index contributed by atoms with van der Waals surface area (Å²) in [7, 11) is -19.4. The second kappa shape index (κ2) is 9.24. The fourth-order valence-electron chi connectivity index (χ4n) is 1.44. The van der Waals surface area contributed by atoms with Gasteiger partial charge in [-0.1, -0.05) is 6.07 Å². The van der Waals surface area contributed by atoms with E-state index in [9.17, 15) is 64.8 Å². The van der Waals surface area contributed by atoms with Crippen molar-refractivity contribution < 1.29 is 77.3 Å². The van der Waals surface area contributed by atoms with Crippen molar-refractivity contribution in [2.24, 2.45) is 0 Å². The third-order valence-corrected chi connectivity index (χ3v) is 6.80. The number of hydrogen-bond acceptors (Lipinski definition) is 9. The molecule has 0 spiro atoms. The van der Waals surface area contributed by atoms with Crippen molar-refractivity contribution in [2.75, 3.05) is 20.0 Å². The van der Waals surface area contributed by atoms with Crippen LogP contribution in [0.25, 0.3) is 0 Å². The van der Waals surface area contributed by atoms with E-state index in [1.54, 1.807) is 0 Å². The standard InChI is InChI=1S/C12H9F9O9S3/c13-4-10(16,17)31(22,23)28-7-2-1-3-8(29-32(24,25)11(18,19)5-14)9(7)30-33(26,27)12(20,21)6-15/h1-3H,4-6H2. The Kier molecular flexibility index (Phi) is 8.08. The first-order chi connectivity index (χ1) is 14.7. The number of hydrogen-bond donors (Lipinski definition) is 0. The number of para-hydroxylation sites is 1. The van der Waals surface area contributed by atoms with Crippen molar-refractivity contribution in [3.63, 3.8) is 0 Å². The summed E-state index contributed by atoms with van der Waals surface area (Å²) in [5.74, 6) is -6.07. The smallest absolute Gasteiger partial charge is 0.374 e. The molecular formula is C12H9F9O9S3. The van der Waals surface area contributed by atoms with Crippen molar-refractivity contribution in [2.45, 2.75) is 15.8 Å². The summed E-state index contributed by atoms with van der Waals surface area (Å²) in [6.45, 7) is -8.86. The Morgan fingerprint density at radius 3 is 1.12 bits per heavy atom. The molecule has 0 aromatic heterocycles. The van der Waals surface area contributed by atoms with Gasteiger partial charge in [-0.05, 0) is 12.1 Å². The minimum Gasteiger partial charge on any atom is -0.374 e. The Hall–Kier alpha value is -2.16. The monoisotopic (exact) mass is 564 g/mol. The Labute approximate surface area is 179 Å². The van der Waals surface area contributed by atoms with E-state index < -0.39 is 83.4 Å². The predicted molar refractivity (Wildman–Crippen MR) is 87.9 cm³/mol. The second-order valence-electron chi connectivity index (χ2n) is 5.51. The molecule has 0 fully saturated rings. The highest BCUT2D eigenvalue weighted by Gasteiger charge is 2.52. The summed E-state index contributed by atoms with van der Waals surface area (Å²) >= 11 is 0. The SMILES string of the molecule is O=S(=O)(Oc1cccc(OS(=O)(=O)C(F)(F)CF)c1OS(=O)(=O)C(F)(F)CF)C(F)(F)CF. The van der Waals surface area contributed by atoms with Crippen LogP contribution in [0, 0.1) is 0 Å². The molecule has 9 nitrogen and oxygen atoms in total. The van der Waals surface area contributed by atoms with Crippen molar-refractivity contribution in [1.29, 1.82) is 0 Å². The van der Waals surface area contributed by atoms with E-state index in [0.717, 1.165) is 0 Å². The number of rotatable bonds is 12. The summed E-state index contributed by atoms with van der Waals surface area (Å²) in [5.41, 5.74) is 0. The van der Waals surface area contributed by atoms with Gasteiger partial charge in [-0.15, -0.1) is 0 Å². The van der Waals surface area contributed by atoms with Gasteiger partial charge in [-0.25, -0.2) is 13.2 Å². The Morgan fingerprint density at radius 2 is 0.848 bits per heavy atom. The molecule has 1 aromatic rings. The van der Waals surface area contributed by atoms with Crippen molar-refractivity contribution in [3.8, 4) is 17.2 Å². The zero-order valence-electron chi connectivity index (χ0n) is 15.2. The van der Waals surface area contributed by atoms with Crippen molar-refractivity contribution in [3.05, 3.63) is 18.2 Å². The molecule has 1 rings (SSSR count). The first-order valence-electron chi connectivity index (χ1n) is 7.47. The lowest BCUT2D eigenvalue weighted by atomic mass is 10.3. The van der Waals surface area contributed by atoms with Crippen LogP contribution in [0.15, 0.2) is 18.2 Å². The summed E-state index contributed by atoms with van der Waals surface area (Å²) in [5, 5.41) is -16.1. The summed E-state index contributed by atoms with van der Waals surface area (Å²) < 4.78 is 196. The van der Waals surface area contributed by atoms with Gasteiger partial charge in [0.05, 0.1) is 0 Å². The van der Waals surface area contributed by atoms with Crippen LogP contribution in [0.3, 0.4) is 0 Å². The maximum atomic E-state index is 13.3. The zero-order chi connectivity index (χ0) is 26.1. The molecule has 0 saturated heterocycles. The molecule has 21 heteroatoms. The third kappa shape index (κ3) is 5.86. The molecule has 0 aliphatic carbocycles. The Morgan fingerprint density at radius 1 is 0.576 bits per heavy atom. The van der Waals surface area contributed by atoms with Crippen LogP contribution in [0.2, 0.25) is 0 Å². The van der Waals surface area contributed by atoms with E-state index in [1.807, 2.05) is 0 Å². The summed E-state index contributed by atoms with van der Waals surface area (Å²) in [6, 6.07) is 0.595. The van der Waals surface area contributed by atoms with Gasteiger partial charge in [-0.2, -0.15) is 51.6 Å². The van der Waals surface area contributed by atoms with Gasteiger partial charge in [-0.3, -0.25) is 0 Å². The van der Waals surface area contributed by atoms with Gasteiger partial charge in [0.25, 0.3) is 0 Å². The molecular weight excluding hydrogens is 555 g/mol. The Balaban J connectivity index is 3.77. The molecule has 192 valence electrons. The third-order valence-electron chi connectivity index (χ3n) is 3.10.